The summed E-state index contributed by atoms with van der Waals surface area (Å²) in [6.07, 6.45) is 8.74. The van der Waals surface area contributed by atoms with Crippen molar-refractivity contribution in [3.8, 4) is 0 Å². The van der Waals surface area contributed by atoms with Gasteiger partial charge in [-0.25, -0.2) is 8.42 Å². The molecule has 1 aromatic rings. The molecule has 142 valence electrons. The summed E-state index contributed by atoms with van der Waals surface area (Å²) in [6.45, 7) is 2.11. The predicted octanol–water partition coefficient (Wildman–Crippen LogP) is 3.96. The number of carbonyl (C=O) groups is 1. The van der Waals surface area contributed by atoms with Gasteiger partial charge in [0, 0.05) is 11.6 Å². The van der Waals surface area contributed by atoms with E-state index in [4.69, 9.17) is 0 Å². The first-order chi connectivity index (χ1) is 12.4. The molecule has 3 aliphatic rings. The molecule has 0 radical (unpaired) electrons. The lowest BCUT2D eigenvalue weighted by molar-refractivity contribution is 0.0915. The van der Waals surface area contributed by atoms with Crippen LogP contribution in [0.4, 0.5) is 0 Å². The van der Waals surface area contributed by atoms with Crippen LogP contribution in [0.5, 0.6) is 0 Å². The van der Waals surface area contributed by atoms with Gasteiger partial charge >= 0.3 is 0 Å². The minimum Gasteiger partial charge on any atom is -0.349 e. The fourth-order valence-electron chi connectivity index (χ4n) is 5.49. The second kappa shape index (κ2) is 6.99. The van der Waals surface area contributed by atoms with Crippen LogP contribution in [0.2, 0.25) is 0 Å². The van der Waals surface area contributed by atoms with Crippen molar-refractivity contribution in [2.75, 3.05) is 0 Å². The molecule has 0 aliphatic heterocycles. The van der Waals surface area contributed by atoms with Crippen LogP contribution in [0.3, 0.4) is 0 Å². The summed E-state index contributed by atoms with van der Waals surface area (Å²) >= 11 is 0. The standard InChI is InChI=1S/C21H29NO3S/c1-14(20-13-15-6-7-17(20)12-15)22-21(23)16-8-10-19(11-9-16)26(24,25)18-4-2-3-5-18/h8-11,14-15,17-18,20H,2-7,12-13H2,1H3,(H,22,23). The Balaban J connectivity index is 1.41. The molecular formula is C21H29NO3S. The van der Waals surface area contributed by atoms with Gasteiger partial charge in [-0.05, 0) is 81.0 Å². The maximum Gasteiger partial charge on any atom is 0.251 e. The van der Waals surface area contributed by atoms with E-state index in [-0.39, 0.29) is 17.2 Å². The number of rotatable bonds is 5. The number of amides is 1. The number of benzene rings is 1. The van der Waals surface area contributed by atoms with Crippen LogP contribution in [0, 0.1) is 17.8 Å². The molecule has 3 fully saturated rings. The molecule has 3 aliphatic carbocycles. The van der Waals surface area contributed by atoms with E-state index in [0.29, 0.717) is 16.4 Å². The van der Waals surface area contributed by atoms with Crippen molar-refractivity contribution < 1.29 is 13.2 Å². The predicted molar refractivity (Wildman–Crippen MR) is 102 cm³/mol. The summed E-state index contributed by atoms with van der Waals surface area (Å²) in [7, 11) is -3.25. The molecule has 1 amide bonds. The molecule has 26 heavy (non-hydrogen) atoms. The zero-order valence-electron chi connectivity index (χ0n) is 15.5. The van der Waals surface area contributed by atoms with Gasteiger partial charge in [0.05, 0.1) is 10.1 Å². The highest BCUT2D eigenvalue weighted by molar-refractivity contribution is 7.92. The van der Waals surface area contributed by atoms with Crippen molar-refractivity contribution in [2.45, 2.75) is 74.5 Å². The van der Waals surface area contributed by atoms with Crippen molar-refractivity contribution in [1.29, 1.82) is 0 Å². The van der Waals surface area contributed by atoms with Gasteiger partial charge in [0.1, 0.15) is 0 Å². The average molecular weight is 376 g/mol. The Kier molecular flexibility index (Phi) is 4.84. The molecule has 1 N–H and O–H groups in total. The number of fused-ring (bicyclic) bond motifs is 2. The van der Waals surface area contributed by atoms with E-state index < -0.39 is 9.84 Å². The van der Waals surface area contributed by atoms with Crippen LogP contribution in [0.15, 0.2) is 29.2 Å². The SMILES string of the molecule is CC(NC(=O)c1ccc(S(=O)(=O)C2CCCC2)cc1)C1CC2CCC1C2. The molecule has 0 heterocycles. The third-order valence-corrected chi connectivity index (χ3v) is 9.26. The minimum atomic E-state index is -3.25. The highest BCUT2D eigenvalue weighted by Gasteiger charge is 2.42. The van der Waals surface area contributed by atoms with Gasteiger partial charge in [0.25, 0.3) is 5.91 Å². The van der Waals surface area contributed by atoms with E-state index in [2.05, 4.69) is 12.2 Å². The maximum absolute atomic E-state index is 12.6. The molecule has 2 bridgehead atoms. The molecular weight excluding hydrogens is 346 g/mol. The molecule has 1 aromatic carbocycles. The lowest BCUT2D eigenvalue weighted by Crippen LogP contribution is -2.40. The van der Waals surface area contributed by atoms with Crippen molar-refractivity contribution in [3.63, 3.8) is 0 Å². The van der Waals surface area contributed by atoms with E-state index in [1.165, 1.54) is 25.7 Å². The van der Waals surface area contributed by atoms with Crippen molar-refractivity contribution >= 4 is 15.7 Å². The summed E-state index contributed by atoms with van der Waals surface area (Å²) in [5, 5.41) is 2.90. The first kappa shape index (κ1) is 18.0. The van der Waals surface area contributed by atoms with Crippen molar-refractivity contribution in [2.24, 2.45) is 17.8 Å². The second-order valence-corrected chi connectivity index (χ2v) is 10.8. The molecule has 0 saturated heterocycles. The summed E-state index contributed by atoms with van der Waals surface area (Å²) in [4.78, 5) is 12.9. The van der Waals surface area contributed by atoms with E-state index in [1.54, 1.807) is 24.3 Å². The Morgan fingerprint density at radius 2 is 1.73 bits per heavy atom. The van der Waals surface area contributed by atoms with Gasteiger partial charge in [-0.1, -0.05) is 19.3 Å². The quantitative estimate of drug-likeness (QED) is 0.847. The number of hydrogen-bond acceptors (Lipinski definition) is 3. The average Bonchev–Trinajstić information content (AvgIpc) is 3.39. The van der Waals surface area contributed by atoms with Crippen LogP contribution in [-0.4, -0.2) is 25.6 Å². The summed E-state index contributed by atoms with van der Waals surface area (Å²) in [6, 6.07) is 6.70. The molecule has 3 saturated carbocycles. The Hall–Kier alpha value is -1.36. The van der Waals surface area contributed by atoms with Crippen LogP contribution in [0.1, 0.15) is 68.6 Å². The van der Waals surface area contributed by atoms with Gasteiger partial charge in [0.2, 0.25) is 0 Å². The summed E-state index contributed by atoms with van der Waals surface area (Å²) in [5.74, 6) is 2.14. The normalized spacial score (nSPS) is 29.8. The van der Waals surface area contributed by atoms with Gasteiger partial charge in [0.15, 0.2) is 9.84 Å². The van der Waals surface area contributed by atoms with Crippen molar-refractivity contribution in [3.05, 3.63) is 29.8 Å². The van der Waals surface area contributed by atoms with Gasteiger partial charge < -0.3 is 5.32 Å². The Bertz CT molecular complexity index is 765. The van der Waals surface area contributed by atoms with Crippen LogP contribution < -0.4 is 5.32 Å². The highest BCUT2D eigenvalue weighted by atomic mass is 32.2. The Morgan fingerprint density at radius 3 is 2.31 bits per heavy atom. The third-order valence-electron chi connectivity index (χ3n) is 6.98. The summed E-state index contributed by atoms with van der Waals surface area (Å²) < 4.78 is 25.3. The van der Waals surface area contributed by atoms with E-state index >= 15 is 0 Å². The fraction of sp³-hybridized carbons (Fsp3) is 0.667. The molecule has 4 atom stereocenters. The number of nitrogens with one attached hydrogen (secondary N) is 1. The number of sulfone groups is 1. The first-order valence-electron chi connectivity index (χ1n) is 10.1. The molecule has 5 heteroatoms. The Labute approximate surface area is 156 Å². The Morgan fingerprint density at radius 1 is 1.04 bits per heavy atom. The van der Waals surface area contributed by atoms with E-state index in [0.717, 1.165) is 37.5 Å². The van der Waals surface area contributed by atoms with Gasteiger partial charge in [-0.3, -0.25) is 4.79 Å². The molecule has 0 aromatic heterocycles. The minimum absolute atomic E-state index is 0.0925. The highest BCUT2D eigenvalue weighted by Crippen LogP contribution is 2.49. The molecule has 4 rings (SSSR count). The fourth-order valence-corrected chi connectivity index (χ4v) is 7.34. The van der Waals surface area contributed by atoms with Crippen molar-refractivity contribution in [1.82, 2.24) is 5.32 Å². The third kappa shape index (κ3) is 3.30. The lowest BCUT2D eigenvalue weighted by Gasteiger charge is -2.28. The summed E-state index contributed by atoms with van der Waals surface area (Å²) in [5.41, 5.74) is 0.547. The van der Waals surface area contributed by atoms with Crippen LogP contribution in [-0.2, 0) is 9.84 Å². The van der Waals surface area contributed by atoms with Gasteiger partial charge in [-0.15, -0.1) is 0 Å². The topological polar surface area (TPSA) is 63.2 Å². The van der Waals surface area contributed by atoms with E-state index in [1.807, 2.05) is 0 Å². The number of carbonyl (C=O) groups excluding carboxylic acids is 1. The number of hydrogen-bond donors (Lipinski definition) is 1. The smallest absolute Gasteiger partial charge is 0.251 e. The zero-order chi connectivity index (χ0) is 18.3. The largest absolute Gasteiger partial charge is 0.349 e. The molecule has 0 spiro atoms. The first-order valence-corrected chi connectivity index (χ1v) is 11.6. The maximum atomic E-state index is 12.6. The lowest BCUT2D eigenvalue weighted by atomic mass is 9.84. The van der Waals surface area contributed by atoms with Gasteiger partial charge in [-0.2, -0.15) is 0 Å². The van der Waals surface area contributed by atoms with E-state index in [9.17, 15) is 13.2 Å². The monoisotopic (exact) mass is 375 g/mol. The molecule has 4 nitrogen and oxygen atoms in total. The zero-order valence-corrected chi connectivity index (χ0v) is 16.3. The van der Waals surface area contributed by atoms with Crippen LogP contribution in [0.25, 0.3) is 0 Å². The molecule has 4 unspecified atom stereocenters. The van der Waals surface area contributed by atoms with Crippen LogP contribution >= 0.6 is 0 Å². The second-order valence-electron chi connectivity index (χ2n) is 8.58.